The molecule has 1 aromatic heterocycles. The lowest BCUT2D eigenvalue weighted by molar-refractivity contribution is 0.0905. The molecule has 1 aliphatic heterocycles. The van der Waals surface area contributed by atoms with Gasteiger partial charge in [0.25, 0.3) is 0 Å². The summed E-state index contributed by atoms with van der Waals surface area (Å²) >= 11 is 1.12. The molecule has 6 nitrogen and oxygen atoms in total. The molecule has 2 heterocycles. The maximum atomic E-state index is 12.2. The van der Waals surface area contributed by atoms with Gasteiger partial charge in [0.1, 0.15) is 9.90 Å². The van der Waals surface area contributed by atoms with Crippen LogP contribution in [0.4, 0.5) is 10.8 Å². The third-order valence-electron chi connectivity index (χ3n) is 3.01. The van der Waals surface area contributed by atoms with Crippen LogP contribution in [0.1, 0.15) is 26.2 Å². The minimum Gasteiger partial charge on any atom is -0.382 e. The summed E-state index contributed by atoms with van der Waals surface area (Å²) in [6, 6.07) is 0.226. The highest BCUT2D eigenvalue weighted by atomic mass is 32.2. The fraction of sp³-hybridized carbons (Fsp3) is 0.727. The summed E-state index contributed by atoms with van der Waals surface area (Å²) in [7, 11) is -3.35. The molecule has 1 aliphatic rings. The molecule has 0 bridgehead atoms. The van der Waals surface area contributed by atoms with Crippen LogP contribution in [0.2, 0.25) is 0 Å². The summed E-state index contributed by atoms with van der Waals surface area (Å²) in [5.41, 5.74) is 5.72. The summed E-state index contributed by atoms with van der Waals surface area (Å²) in [6.45, 7) is 3.23. The number of nitrogens with two attached hydrogens (primary N) is 1. The van der Waals surface area contributed by atoms with Crippen LogP contribution in [0.3, 0.4) is 0 Å². The van der Waals surface area contributed by atoms with Crippen LogP contribution in [0.15, 0.2) is 4.90 Å². The Morgan fingerprint density at radius 2 is 2.16 bits per heavy atom. The highest BCUT2D eigenvalue weighted by molar-refractivity contribution is 7.91. The zero-order valence-corrected chi connectivity index (χ0v) is 12.5. The van der Waals surface area contributed by atoms with E-state index >= 15 is 0 Å². The van der Waals surface area contributed by atoms with Gasteiger partial charge in [-0.1, -0.05) is 6.92 Å². The van der Waals surface area contributed by atoms with Crippen molar-refractivity contribution in [1.29, 1.82) is 0 Å². The third kappa shape index (κ3) is 3.37. The van der Waals surface area contributed by atoms with Crippen LogP contribution >= 0.6 is 11.5 Å². The van der Waals surface area contributed by atoms with Crippen LogP contribution in [-0.4, -0.2) is 37.8 Å². The van der Waals surface area contributed by atoms with E-state index < -0.39 is 9.84 Å². The molecule has 0 aromatic carbocycles. The second kappa shape index (κ2) is 6.06. The largest absolute Gasteiger partial charge is 0.382 e. The molecular weight excluding hydrogens is 286 g/mol. The van der Waals surface area contributed by atoms with Crippen molar-refractivity contribution in [2.75, 3.05) is 30.0 Å². The van der Waals surface area contributed by atoms with Crippen molar-refractivity contribution in [3.05, 3.63) is 0 Å². The summed E-state index contributed by atoms with van der Waals surface area (Å²) in [4.78, 5) is 0.172. The number of nitrogen functional groups attached to an aromatic ring is 1. The minimum atomic E-state index is -3.35. The molecule has 19 heavy (non-hydrogen) atoms. The monoisotopic (exact) mass is 305 g/mol. The maximum absolute atomic E-state index is 12.2. The van der Waals surface area contributed by atoms with Crippen molar-refractivity contribution >= 4 is 32.2 Å². The topological polar surface area (TPSA) is 94.3 Å². The van der Waals surface area contributed by atoms with E-state index in [0.717, 1.165) is 24.4 Å². The van der Waals surface area contributed by atoms with Gasteiger partial charge in [0.05, 0.1) is 5.75 Å². The Balaban J connectivity index is 2.22. The Labute approximate surface area is 117 Å². The fourth-order valence-electron chi connectivity index (χ4n) is 2.08. The van der Waals surface area contributed by atoms with E-state index in [0.29, 0.717) is 24.6 Å². The number of nitrogens with zero attached hydrogens (tertiary/aromatic N) is 1. The zero-order chi connectivity index (χ0) is 13.9. The molecule has 0 atom stereocenters. The van der Waals surface area contributed by atoms with Crippen molar-refractivity contribution in [3.63, 3.8) is 0 Å². The Hall–Kier alpha value is -0.860. The van der Waals surface area contributed by atoms with Gasteiger partial charge in [0, 0.05) is 19.3 Å². The highest BCUT2D eigenvalue weighted by Gasteiger charge is 2.26. The molecule has 0 saturated carbocycles. The smallest absolute Gasteiger partial charge is 0.185 e. The number of anilines is 2. The van der Waals surface area contributed by atoms with E-state index in [1.54, 1.807) is 0 Å². The zero-order valence-electron chi connectivity index (χ0n) is 10.9. The van der Waals surface area contributed by atoms with Gasteiger partial charge in [0.2, 0.25) is 0 Å². The molecule has 3 N–H and O–H groups in total. The van der Waals surface area contributed by atoms with Crippen LogP contribution in [-0.2, 0) is 14.6 Å². The fourth-order valence-corrected chi connectivity index (χ4v) is 4.77. The SMILES string of the molecule is CCCS(=O)(=O)c1c(N)nsc1NC1CCOCC1. The molecule has 0 aliphatic carbocycles. The second-order valence-corrected chi connectivity index (χ2v) is 7.40. The first kappa shape index (κ1) is 14.5. The summed E-state index contributed by atoms with van der Waals surface area (Å²) in [6.07, 6.45) is 2.30. The Morgan fingerprint density at radius 3 is 2.79 bits per heavy atom. The summed E-state index contributed by atoms with van der Waals surface area (Å²) < 4.78 is 33.7. The Bertz CT molecular complexity index is 521. The van der Waals surface area contributed by atoms with Gasteiger partial charge in [-0.15, -0.1) is 0 Å². The summed E-state index contributed by atoms with van der Waals surface area (Å²) in [5, 5.41) is 3.82. The number of hydrogen-bond acceptors (Lipinski definition) is 7. The number of rotatable bonds is 5. The van der Waals surface area contributed by atoms with E-state index in [9.17, 15) is 8.42 Å². The lowest BCUT2D eigenvalue weighted by Crippen LogP contribution is -2.28. The average molecular weight is 305 g/mol. The van der Waals surface area contributed by atoms with Crippen LogP contribution in [0.25, 0.3) is 0 Å². The van der Waals surface area contributed by atoms with Crippen LogP contribution in [0, 0.1) is 0 Å². The van der Waals surface area contributed by atoms with Crippen molar-refractivity contribution < 1.29 is 13.2 Å². The van der Waals surface area contributed by atoms with E-state index in [1.807, 2.05) is 6.92 Å². The quantitative estimate of drug-likeness (QED) is 0.856. The number of ether oxygens (including phenoxy) is 1. The molecule has 108 valence electrons. The predicted molar refractivity (Wildman–Crippen MR) is 76.3 cm³/mol. The molecule has 8 heteroatoms. The molecule has 1 saturated heterocycles. The standard InChI is InChI=1S/C11H19N3O3S2/c1-2-7-19(15,16)9-10(12)14-18-11(9)13-8-3-5-17-6-4-8/h8,13H,2-7H2,1H3,(H2,12,14). The predicted octanol–water partition coefficient (Wildman–Crippen LogP) is 1.50. The van der Waals surface area contributed by atoms with Crippen molar-refractivity contribution in [3.8, 4) is 0 Å². The van der Waals surface area contributed by atoms with Crippen LogP contribution in [0.5, 0.6) is 0 Å². The van der Waals surface area contributed by atoms with Gasteiger partial charge in [-0.05, 0) is 30.8 Å². The molecule has 0 radical (unpaired) electrons. The lowest BCUT2D eigenvalue weighted by Gasteiger charge is -2.23. The number of hydrogen-bond donors (Lipinski definition) is 2. The van der Waals surface area contributed by atoms with E-state index in [4.69, 9.17) is 10.5 Å². The van der Waals surface area contributed by atoms with Crippen molar-refractivity contribution in [1.82, 2.24) is 4.37 Å². The van der Waals surface area contributed by atoms with E-state index in [-0.39, 0.29) is 22.5 Å². The van der Waals surface area contributed by atoms with Crippen molar-refractivity contribution in [2.24, 2.45) is 0 Å². The minimum absolute atomic E-state index is 0.0953. The van der Waals surface area contributed by atoms with Crippen molar-refractivity contribution in [2.45, 2.75) is 37.1 Å². The van der Waals surface area contributed by atoms with E-state index in [2.05, 4.69) is 9.69 Å². The number of aromatic nitrogens is 1. The first-order valence-electron chi connectivity index (χ1n) is 6.36. The molecule has 0 unspecified atom stereocenters. The van der Waals surface area contributed by atoms with Gasteiger partial charge < -0.3 is 15.8 Å². The highest BCUT2D eigenvalue weighted by Crippen LogP contribution is 2.33. The Kier molecular flexibility index (Phi) is 4.64. The van der Waals surface area contributed by atoms with Gasteiger partial charge in [0.15, 0.2) is 15.7 Å². The molecule has 0 amide bonds. The average Bonchev–Trinajstić information content (AvgIpc) is 2.72. The third-order valence-corrected chi connectivity index (χ3v) is 5.92. The van der Waals surface area contributed by atoms with Gasteiger partial charge in [-0.2, -0.15) is 4.37 Å². The first-order chi connectivity index (χ1) is 9.04. The van der Waals surface area contributed by atoms with Gasteiger partial charge in [-0.25, -0.2) is 8.42 Å². The maximum Gasteiger partial charge on any atom is 0.185 e. The second-order valence-electron chi connectivity index (χ2n) is 4.58. The molecule has 1 aromatic rings. The molecule has 2 rings (SSSR count). The normalized spacial score (nSPS) is 17.5. The first-order valence-corrected chi connectivity index (χ1v) is 8.79. The van der Waals surface area contributed by atoms with Crippen LogP contribution < -0.4 is 11.1 Å². The lowest BCUT2D eigenvalue weighted by atomic mass is 10.1. The van der Waals surface area contributed by atoms with Gasteiger partial charge >= 0.3 is 0 Å². The summed E-state index contributed by atoms with van der Waals surface area (Å²) in [5.74, 6) is 0.200. The number of sulfone groups is 1. The Morgan fingerprint density at radius 1 is 1.47 bits per heavy atom. The number of nitrogens with one attached hydrogen (secondary N) is 1. The van der Waals surface area contributed by atoms with Gasteiger partial charge in [-0.3, -0.25) is 0 Å². The molecular formula is C11H19N3O3S2. The van der Waals surface area contributed by atoms with E-state index in [1.165, 1.54) is 0 Å². The molecule has 1 fully saturated rings. The molecule has 0 spiro atoms.